The van der Waals surface area contributed by atoms with E-state index in [0.717, 1.165) is 43.7 Å². The molecule has 1 fully saturated rings. The van der Waals surface area contributed by atoms with Crippen molar-refractivity contribution in [3.05, 3.63) is 11.6 Å². The fraction of sp³-hybridized carbons (Fsp3) is 0.812. The lowest BCUT2D eigenvalue weighted by Crippen LogP contribution is -2.41. The molecule has 0 saturated carbocycles. The number of hydrogen-bond donors (Lipinski definition) is 1. The molecule has 0 radical (unpaired) electrons. The number of nitrogens with zero attached hydrogens (tertiary/aromatic N) is 5. The normalized spacial score (nSPS) is 20.5. The van der Waals surface area contributed by atoms with E-state index in [2.05, 4.69) is 43.8 Å². The molecule has 3 heterocycles. The van der Waals surface area contributed by atoms with Crippen LogP contribution in [0.5, 0.6) is 0 Å². The Bertz CT molecular complexity index is 543. The van der Waals surface area contributed by atoms with Crippen molar-refractivity contribution in [1.29, 1.82) is 0 Å². The summed E-state index contributed by atoms with van der Waals surface area (Å²) in [6.07, 6.45) is 6.00. The van der Waals surface area contributed by atoms with Gasteiger partial charge < -0.3 is 14.8 Å². The van der Waals surface area contributed by atoms with Gasteiger partial charge in [0.25, 0.3) is 0 Å². The van der Waals surface area contributed by atoms with Crippen molar-refractivity contribution >= 4 is 5.96 Å². The maximum absolute atomic E-state index is 4.47. The first-order valence-corrected chi connectivity index (χ1v) is 8.58. The second-order valence-corrected chi connectivity index (χ2v) is 6.57. The summed E-state index contributed by atoms with van der Waals surface area (Å²) in [5.41, 5.74) is 0.466. The molecule has 2 aliphatic rings. The number of rotatable bonds is 4. The van der Waals surface area contributed by atoms with E-state index in [9.17, 15) is 0 Å². The Labute approximate surface area is 133 Å². The molecule has 6 heteroatoms. The SMILES string of the molecule is CCC1(CC)CCN(C(=NC)NCc2nnc3n2CCC3)C1. The van der Waals surface area contributed by atoms with Crippen molar-refractivity contribution in [2.75, 3.05) is 20.1 Å². The monoisotopic (exact) mass is 304 g/mol. The van der Waals surface area contributed by atoms with Gasteiger partial charge in [0.05, 0.1) is 6.54 Å². The zero-order chi connectivity index (χ0) is 15.6. The van der Waals surface area contributed by atoms with Crippen LogP contribution in [0.2, 0.25) is 0 Å². The molecular formula is C16H28N6. The molecule has 1 aromatic heterocycles. The predicted molar refractivity (Wildman–Crippen MR) is 87.7 cm³/mol. The van der Waals surface area contributed by atoms with E-state index >= 15 is 0 Å². The largest absolute Gasteiger partial charge is 0.349 e. The number of likely N-dealkylation sites (tertiary alicyclic amines) is 1. The van der Waals surface area contributed by atoms with Gasteiger partial charge in [-0.1, -0.05) is 13.8 Å². The summed E-state index contributed by atoms with van der Waals surface area (Å²) in [6.45, 7) is 8.58. The molecule has 1 saturated heterocycles. The van der Waals surface area contributed by atoms with Crippen LogP contribution in [-0.2, 0) is 19.5 Å². The lowest BCUT2D eigenvalue weighted by molar-refractivity contribution is 0.276. The van der Waals surface area contributed by atoms with Gasteiger partial charge in [-0.2, -0.15) is 0 Å². The molecule has 22 heavy (non-hydrogen) atoms. The molecule has 3 rings (SSSR count). The fourth-order valence-corrected chi connectivity index (χ4v) is 3.77. The van der Waals surface area contributed by atoms with Gasteiger partial charge >= 0.3 is 0 Å². The Morgan fingerprint density at radius 3 is 2.77 bits per heavy atom. The smallest absolute Gasteiger partial charge is 0.194 e. The van der Waals surface area contributed by atoms with Crippen molar-refractivity contribution in [3.8, 4) is 0 Å². The lowest BCUT2D eigenvalue weighted by atomic mass is 9.82. The summed E-state index contributed by atoms with van der Waals surface area (Å²) < 4.78 is 2.24. The van der Waals surface area contributed by atoms with Crippen LogP contribution in [0, 0.1) is 5.41 Å². The summed E-state index contributed by atoms with van der Waals surface area (Å²) in [4.78, 5) is 6.87. The van der Waals surface area contributed by atoms with Gasteiger partial charge in [-0.25, -0.2) is 0 Å². The van der Waals surface area contributed by atoms with Crippen LogP contribution in [0.4, 0.5) is 0 Å². The molecule has 0 aromatic carbocycles. The van der Waals surface area contributed by atoms with Crippen molar-refractivity contribution in [2.24, 2.45) is 10.4 Å². The van der Waals surface area contributed by atoms with Crippen molar-refractivity contribution in [3.63, 3.8) is 0 Å². The molecule has 0 bridgehead atoms. The Kier molecular flexibility index (Phi) is 4.36. The van der Waals surface area contributed by atoms with Crippen LogP contribution in [-0.4, -0.2) is 45.8 Å². The number of guanidine groups is 1. The first kappa shape index (κ1) is 15.3. The molecule has 0 spiro atoms. The van der Waals surface area contributed by atoms with Crippen LogP contribution in [0.3, 0.4) is 0 Å². The minimum absolute atomic E-state index is 0.466. The van der Waals surface area contributed by atoms with Gasteiger partial charge in [-0.15, -0.1) is 10.2 Å². The van der Waals surface area contributed by atoms with E-state index in [4.69, 9.17) is 0 Å². The van der Waals surface area contributed by atoms with E-state index in [1.165, 1.54) is 25.7 Å². The quantitative estimate of drug-likeness (QED) is 0.681. The third kappa shape index (κ3) is 2.71. The fourth-order valence-electron chi connectivity index (χ4n) is 3.77. The Hall–Kier alpha value is -1.59. The molecule has 0 aliphatic carbocycles. The molecule has 2 aliphatic heterocycles. The van der Waals surface area contributed by atoms with Crippen LogP contribution in [0.25, 0.3) is 0 Å². The van der Waals surface area contributed by atoms with Crippen LogP contribution < -0.4 is 5.32 Å². The summed E-state index contributed by atoms with van der Waals surface area (Å²) >= 11 is 0. The first-order chi connectivity index (χ1) is 10.7. The van der Waals surface area contributed by atoms with E-state index in [0.29, 0.717) is 12.0 Å². The van der Waals surface area contributed by atoms with Gasteiger partial charge in [0.15, 0.2) is 11.8 Å². The topological polar surface area (TPSA) is 58.3 Å². The molecular weight excluding hydrogens is 276 g/mol. The minimum atomic E-state index is 0.466. The molecule has 6 nitrogen and oxygen atoms in total. The average Bonchev–Trinajstić information content (AvgIpc) is 3.24. The van der Waals surface area contributed by atoms with Gasteiger partial charge in [0.1, 0.15) is 5.82 Å². The Balaban J connectivity index is 1.61. The highest BCUT2D eigenvalue weighted by Gasteiger charge is 2.36. The third-order valence-electron chi connectivity index (χ3n) is 5.54. The maximum Gasteiger partial charge on any atom is 0.194 e. The predicted octanol–water partition coefficient (Wildman–Crippen LogP) is 1.81. The summed E-state index contributed by atoms with van der Waals surface area (Å²) in [6, 6.07) is 0. The van der Waals surface area contributed by atoms with E-state index in [1.54, 1.807) is 0 Å². The van der Waals surface area contributed by atoms with Gasteiger partial charge in [-0.3, -0.25) is 4.99 Å². The second kappa shape index (κ2) is 6.26. The van der Waals surface area contributed by atoms with Crippen molar-refractivity contribution in [1.82, 2.24) is 25.0 Å². The summed E-state index contributed by atoms with van der Waals surface area (Å²) in [5.74, 6) is 3.16. The maximum atomic E-state index is 4.47. The summed E-state index contributed by atoms with van der Waals surface area (Å²) in [7, 11) is 1.87. The standard InChI is InChI=1S/C16H28N6/c1-4-16(5-2)8-10-21(12-16)15(17-3)18-11-14-20-19-13-7-6-9-22(13)14/h4-12H2,1-3H3,(H,17,18). The zero-order valence-electron chi connectivity index (χ0n) is 14.1. The molecule has 0 atom stereocenters. The van der Waals surface area contributed by atoms with E-state index in [-0.39, 0.29) is 0 Å². The van der Waals surface area contributed by atoms with Crippen LogP contribution in [0.15, 0.2) is 4.99 Å². The number of aliphatic imine (C=N–C) groups is 1. The minimum Gasteiger partial charge on any atom is -0.349 e. The third-order valence-corrected chi connectivity index (χ3v) is 5.54. The van der Waals surface area contributed by atoms with Crippen LogP contribution in [0.1, 0.15) is 51.2 Å². The van der Waals surface area contributed by atoms with Gasteiger partial charge in [0, 0.05) is 33.1 Å². The highest BCUT2D eigenvalue weighted by atomic mass is 15.3. The first-order valence-electron chi connectivity index (χ1n) is 8.58. The molecule has 1 N–H and O–H groups in total. The van der Waals surface area contributed by atoms with Gasteiger partial charge in [0.2, 0.25) is 0 Å². The molecule has 0 amide bonds. The van der Waals surface area contributed by atoms with Gasteiger partial charge in [-0.05, 0) is 31.1 Å². The lowest BCUT2D eigenvalue weighted by Gasteiger charge is -2.27. The molecule has 1 aromatic rings. The van der Waals surface area contributed by atoms with E-state index < -0.39 is 0 Å². The Morgan fingerprint density at radius 1 is 1.27 bits per heavy atom. The highest BCUT2D eigenvalue weighted by Crippen LogP contribution is 2.36. The van der Waals surface area contributed by atoms with Crippen LogP contribution >= 0.6 is 0 Å². The Morgan fingerprint density at radius 2 is 2.09 bits per heavy atom. The number of hydrogen-bond acceptors (Lipinski definition) is 3. The van der Waals surface area contributed by atoms with Crippen molar-refractivity contribution in [2.45, 2.75) is 59.0 Å². The number of fused-ring (bicyclic) bond motifs is 1. The molecule has 122 valence electrons. The zero-order valence-corrected chi connectivity index (χ0v) is 14.1. The van der Waals surface area contributed by atoms with Crippen molar-refractivity contribution < 1.29 is 0 Å². The second-order valence-electron chi connectivity index (χ2n) is 6.57. The average molecular weight is 304 g/mol. The number of aryl methyl sites for hydroxylation is 1. The molecule has 0 unspecified atom stereocenters. The summed E-state index contributed by atoms with van der Waals surface area (Å²) in [5, 5.41) is 12.1. The number of nitrogens with one attached hydrogen (secondary N) is 1. The highest BCUT2D eigenvalue weighted by molar-refractivity contribution is 5.80. The number of aromatic nitrogens is 3. The van der Waals surface area contributed by atoms with E-state index in [1.807, 2.05) is 7.05 Å².